The summed E-state index contributed by atoms with van der Waals surface area (Å²) in [5.41, 5.74) is 1.44. The molecule has 7 nitrogen and oxygen atoms in total. The molecule has 0 atom stereocenters. The second-order valence-corrected chi connectivity index (χ2v) is 9.07. The largest absolute Gasteiger partial charge is 0.379 e. The summed E-state index contributed by atoms with van der Waals surface area (Å²) in [7, 11) is 0. The predicted octanol–water partition coefficient (Wildman–Crippen LogP) is 1.35. The highest BCUT2D eigenvalue weighted by Crippen LogP contribution is 2.33. The standard InChI is InChI=1S/C23H37N5O2/c29-22(19-27-12-10-26(11-13-27)18-21-4-8-24-9-5-21)25-20-23(6-2-1-3-7-23)28-14-16-30-17-15-28/h4-5,8-9H,1-3,6-7,10-20H2,(H,25,29). The fraction of sp³-hybridized carbons (Fsp3) is 0.739. The Labute approximate surface area is 180 Å². The van der Waals surface area contributed by atoms with Gasteiger partial charge in [0, 0.05) is 70.3 Å². The van der Waals surface area contributed by atoms with Crippen molar-refractivity contribution in [1.29, 1.82) is 0 Å². The third-order valence-corrected chi connectivity index (χ3v) is 7.07. The maximum Gasteiger partial charge on any atom is 0.234 e. The first-order valence-corrected chi connectivity index (χ1v) is 11.7. The van der Waals surface area contributed by atoms with Crippen molar-refractivity contribution in [2.45, 2.75) is 44.2 Å². The van der Waals surface area contributed by atoms with Crippen LogP contribution in [0, 0.1) is 0 Å². The topological polar surface area (TPSA) is 60.9 Å². The summed E-state index contributed by atoms with van der Waals surface area (Å²) in [4.78, 5) is 24.2. The highest BCUT2D eigenvalue weighted by atomic mass is 16.5. The number of nitrogens with one attached hydrogen (secondary N) is 1. The zero-order chi connectivity index (χ0) is 20.7. The van der Waals surface area contributed by atoms with Crippen LogP contribution in [-0.2, 0) is 16.1 Å². The lowest BCUT2D eigenvalue weighted by Gasteiger charge is -2.48. The van der Waals surface area contributed by atoms with Gasteiger partial charge in [-0.3, -0.25) is 24.5 Å². The molecule has 30 heavy (non-hydrogen) atoms. The van der Waals surface area contributed by atoms with E-state index >= 15 is 0 Å². The number of morpholine rings is 1. The van der Waals surface area contributed by atoms with E-state index in [4.69, 9.17) is 4.74 Å². The molecule has 2 aliphatic heterocycles. The Balaban J connectivity index is 1.21. The minimum Gasteiger partial charge on any atom is -0.379 e. The smallest absolute Gasteiger partial charge is 0.234 e. The first-order chi connectivity index (χ1) is 14.7. The molecule has 1 N–H and O–H groups in total. The number of hydrogen-bond acceptors (Lipinski definition) is 6. The molecule has 0 bridgehead atoms. The molecule has 3 aliphatic rings. The molecule has 3 fully saturated rings. The van der Waals surface area contributed by atoms with Crippen molar-refractivity contribution in [3.63, 3.8) is 0 Å². The van der Waals surface area contributed by atoms with Crippen LogP contribution in [0.15, 0.2) is 24.5 Å². The van der Waals surface area contributed by atoms with E-state index in [1.807, 2.05) is 12.4 Å². The second kappa shape index (κ2) is 10.7. The quantitative estimate of drug-likeness (QED) is 0.726. The zero-order valence-electron chi connectivity index (χ0n) is 18.2. The van der Waals surface area contributed by atoms with Crippen molar-refractivity contribution in [3.8, 4) is 0 Å². The third-order valence-electron chi connectivity index (χ3n) is 7.07. The van der Waals surface area contributed by atoms with Crippen LogP contribution < -0.4 is 5.32 Å². The maximum atomic E-state index is 12.7. The third kappa shape index (κ3) is 5.78. The van der Waals surface area contributed by atoms with E-state index in [9.17, 15) is 4.79 Å². The summed E-state index contributed by atoms with van der Waals surface area (Å²) in [6, 6.07) is 4.16. The molecule has 3 heterocycles. The van der Waals surface area contributed by atoms with E-state index in [1.54, 1.807) is 0 Å². The van der Waals surface area contributed by atoms with Gasteiger partial charge >= 0.3 is 0 Å². The lowest BCUT2D eigenvalue weighted by Crippen LogP contribution is -2.60. The van der Waals surface area contributed by atoms with E-state index < -0.39 is 0 Å². The van der Waals surface area contributed by atoms with Crippen LogP contribution >= 0.6 is 0 Å². The van der Waals surface area contributed by atoms with E-state index in [0.29, 0.717) is 6.54 Å². The van der Waals surface area contributed by atoms with Crippen molar-refractivity contribution < 1.29 is 9.53 Å². The Hall–Kier alpha value is -1.54. The molecule has 1 amide bonds. The van der Waals surface area contributed by atoms with Gasteiger partial charge < -0.3 is 10.1 Å². The molecular weight excluding hydrogens is 378 g/mol. The number of hydrogen-bond donors (Lipinski definition) is 1. The SMILES string of the molecule is O=C(CN1CCN(Cc2ccncc2)CC1)NCC1(N2CCOCC2)CCCCC1. The summed E-state index contributed by atoms with van der Waals surface area (Å²) in [6.45, 7) is 9.81. The Morgan fingerprint density at radius 1 is 0.967 bits per heavy atom. The fourth-order valence-corrected chi connectivity index (χ4v) is 5.23. The first kappa shape index (κ1) is 21.7. The molecule has 0 radical (unpaired) electrons. The van der Waals surface area contributed by atoms with Crippen molar-refractivity contribution in [2.24, 2.45) is 0 Å². The lowest BCUT2D eigenvalue weighted by molar-refractivity contribution is -0.124. The first-order valence-electron chi connectivity index (χ1n) is 11.7. The Kier molecular flexibility index (Phi) is 7.71. The number of pyridine rings is 1. The highest BCUT2D eigenvalue weighted by molar-refractivity contribution is 5.78. The molecule has 0 unspecified atom stereocenters. The van der Waals surface area contributed by atoms with Crippen molar-refractivity contribution in [2.75, 3.05) is 65.6 Å². The molecule has 7 heteroatoms. The van der Waals surface area contributed by atoms with Gasteiger partial charge in [-0.25, -0.2) is 0 Å². The number of carbonyl (C=O) groups is 1. The van der Waals surface area contributed by atoms with E-state index in [2.05, 4.69) is 37.1 Å². The minimum atomic E-state index is 0.140. The van der Waals surface area contributed by atoms with Gasteiger partial charge in [0.05, 0.1) is 19.8 Å². The normalized spacial score (nSPS) is 23.9. The van der Waals surface area contributed by atoms with Crippen molar-refractivity contribution in [1.82, 2.24) is 25.0 Å². The van der Waals surface area contributed by atoms with Crippen LogP contribution in [0.1, 0.15) is 37.7 Å². The van der Waals surface area contributed by atoms with E-state index in [1.165, 1.54) is 37.7 Å². The number of carbonyl (C=O) groups excluding carboxylic acids is 1. The van der Waals surface area contributed by atoms with Gasteiger partial charge in [0.15, 0.2) is 0 Å². The van der Waals surface area contributed by atoms with Crippen LogP contribution in [0.2, 0.25) is 0 Å². The molecule has 1 saturated carbocycles. The van der Waals surface area contributed by atoms with Gasteiger partial charge in [0.25, 0.3) is 0 Å². The van der Waals surface area contributed by atoms with Crippen LogP contribution in [0.25, 0.3) is 0 Å². The van der Waals surface area contributed by atoms with Crippen LogP contribution in [0.4, 0.5) is 0 Å². The van der Waals surface area contributed by atoms with Gasteiger partial charge in [-0.2, -0.15) is 0 Å². The molecule has 1 aromatic rings. The fourth-order valence-electron chi connectivity index (χ4n) is 5.23. The van der Waals surface area contributed by atoms with Crippen LogP contribution in [0.3, 0.4) is 0 Å². The van der Waals surface area contributed by atoms with Crippen LogP contribution in [0.5, 0.6) is 0 Å². The summed E-state index contributed by atoms with van der Waals surface area (Å²) < 4.78 is 5.56. The molecular formula is C23H37N5O2. The molecule has 0 aromatic carbocycles. The lowest BCUT2D eigenvalue weighted by atomic mass is 9.79. The Bertz CT molecular complexity index is 651. The van der Waals surface area contributed by atoms with Crippen molar-refractivity contribution in [3.05, 3.63) is 30.1 Å². The Morgan fingerprint density at radius 2 is 1.63 bits per heavy atom. The number of amides is 1. The van der Waals surface area contributed by atoms with Crippen LogP contribution in [-0.4, -0.2) is 96.7 Å². The van der Waals surface area contributed by atoms with Gasteiger partial charge in [-0.1, -0.05) is 19.3 Å². The van der Waals surface area contributed by atoms with Gasteiger partial charge in [0.2, 0.25) is 5.91 Å². The summed E-state index contributed by atoms with van der Waals surface area (Å²) in [5, 5.41) is 3.31. The monoisotopic (exact) mass is 415 g/mol. The second-order valence-electron chi connectivity index (χ2n) is 9.07. The molecule has 166 valence electrons. The van der Waals surface area contributed by atoms with Gasteiger partial charge in [0.1, 0.15) is 0 Å². The van der Waals surface area contributed by atoms with Gasteiger partial charge in [-0.05, 0) is 30.5 Å². The molecule has 1 aromatic heterocycles. The number of aromatic nitrogens is 1. The number of piperazine rings is 1. The van der Waals surface area contributed by atoms with E-state index in [0.717, 1.165) is 65.6 Å². The molecule has 2 saturated heterocycles. The molecule has 4 rings (SSSR count). The molecule has 0 spiro atoms. The number of rotatable bonds is 7. The predicted molar refractivity (Wildman–Crippen MR) is 117 cm³/mol. The Morgan fingerprint density at radius 3 is 2.33 bits per heavy atom. The van der Waals surface area contributed by atoms with Gasteiger partial charge in [-0.15, -0.1) is 0 Å². The minimum absolute atomic E-state index is 0.140. The zero-order valence-corrected chi connectivity index (χ0v) is 18.2. The summed E-state index contributed by atoms with van der Waals surface area (Å²) >= 11 is 0. The van der Waals surface area contributed by atoms with E-state index in [-0.39, 0.29) is 11.4 Å². The van der Waals surface area contributed by atoms with Crippen molar-refractivity contribution >= 4 is 5.91 Å². The maximum absolute atomic E-state index is 12.7. The average Bonchev–Trinajstić information content (AvgIpc) is 2.81. The number of ether oxygens (including phenoxy) is 1. The number of nitrogens with zero attached hydrogens (tertiary/aromatic N) is 4. The molecule has 1 aliphatic carbocycles. The highest BCUT2D eigenvalue weighted by Gasteiger charge is 2.38. The average molecular weight is 416 g/mol. The summed E-state index contributed by atoms with van der Waals surface area (Å²) in [5.74, 6) is 0.177. The summed E-state index contributed by atoms with van der Waals surface area (Å²) in [6.07, 6.45) is 9.96.